The van der Waals surface area contributed by atoms with Gasteiger partial charge in [0, 0.05) is 38.5 Å². The molecule has 0 heterocycles. The lowest BCUT2D eigenvalue weighted by Gasteiger charge is -1.98. The molecule has 0 aromatic rings. The summed E-state index contributed by atoms with van der Waals surface area (Å²) in [5.74, 6) is 22.7. The summed E-state index contributed by atoms with van der Waals surface area (Å²) in [6, 6.07) is 0. The van der Waals surface area contributed by atoms with E-state index in [1.54, 1.807) is 0 Å². The van der Waals surface area contributed by atoms with Crippen molar-refractivity contribution < 1.29 is 19.8 Å². The zero-order valence-corrected chi connectivity index (χ0v) is 20.9. The number of carboxylic acid groups (broad SMARTS) is 2. The fourth-order valence-corrected chi connectivity index (χ4v) is 3.25. The fraction of sp³-hybridized carbons (Fsp3) is 0.667. The molecule has 2 N–H and O–H groups in total. The molecule has 0 unspecified atom stereocenters. The van der Waals surface area contributed by atoms with E-state index in [0.717, 1.165) is 116 Å². The van der Waals surface area contributed by atoms with Crippen LogP contribution in [-0.2, 0) is 9.59 Å². The van der Waals surface area contributed by atoms with Gasteiger partial charge in [-0.05, 0) is 62.2 Å². The minimum Gasteiger partial charge on any atom is -0.481 e. The topological polar surface area (TPSA) is 74.6 Å². The van der Waals surface area contributed by atoms with Crippen LogP contribution in [0.25, 0.3) is 0 Å². The third-order valence-electron chi connectivity index (χ3n) is 5.22. The molecule has 0 amide bonds. The Kier molecular flexibility index (Phi) is 24.2. The number of aliphatic carboxylic acids is 2. The van der Waals surface area contributed by atoms with Crippen LogP contribution < -0.4 is 0 Å². The number of hydrogen-bond acceptors (Lipinski definition) is 2. The van der Waals surface area contributed by atoms with Crippen LogP contribution in [-0.4, -0.2) is 22.2 Å². The first-order chi connectivity index (χ1) is 16.6. The molecular formula is C30H42O4. The first kappa shape index (κ1) is 31.2. The van der Waals surface area contributed by atoms with Crippen LogP contribution in [0.3, 0.4) is 0 Å². The molecule has 0 spiro atoms. The Morgan fingerprint density at radius 2 is 0.618 bits per heavy atom. The lowest BCUT2D eigenvalue weighted by Crippen LogP contribution is -1.93. The van der Waals surface area contributed by atoms with Crippen molar-refractivity contribution in [2.75, 3.05) is 0 Å². The second-order valence-corrected chi connectivity index (χ2v) is 8.44. The van der Waals surface area contributed by atoms with Gasteiger partial charge in [0.15, 0.2) is 0 Å². The predicted molar refractivity (Wildman–Crippen MR) is 139 cm³/mol. The van der Waals surface area contributed by atoms with Gasteiger partial charge < -0.3 is 10.2 Å². The number of carboxylic acids is 2. The maximum Gasteiger partial charge on any atom is 0.303 e. The monoisotopic (exact) mass is 466 g/mol. The lowest BCUT2D eigenvalue weighted by atomic mass is 10.1. The second-order valence-electron chi connectivity index (χ2n) is 8.44. The normalized spacial score (nSPS) is 9.29. The molecule has 0 radical (unpaired) electrons. The van der Waals surface area contributed by atoms with Crippen molar-refractivity contribution in [2.45, 2.75) is 128 Å². The third kappa shape index (κ3) is 29.2. The highest BCUT2D eigenvalue weighted by molar-refractivity contribution is 5.66. The summed E-state index contributed by atoms with van der Waals surface area (Å²) in [7, 11) is 0. The van der Waals surface area contributed by atoms with Crippen LogP contribution in [0.2, 0.25) is 0 Å². The average Bonchev–Trinajstić information content (AvgIpc) is 2.80. The van der Waals surface area contributed by atoms with Crippen molar-refractivity contribution in [2.24, 2.45) is 0 Å². The van der Waals surface area contributed by atoms with E-state index in [1.165, 1.54) is 0 Å². The van der Waals surface area contributed by atoms with E-state index in [1.807, 2.05) is 0 Å². The van der Waals surface area contributed by atoms with Gasteiger partial charge in [0.2, 0.25) is 0 Å². The first-order valence-electron chi connectivity index (χ1n) is 13.0. The Morgan fingerprint density at radius 3 is 0.912 bits per heavy atom. The van der Waals surface area contributed by atoms with Gasteiger partial charge in [-0.1, -0.05) is 75.0 Å². The van der Waals surface area contributed by atoms with E-state index in [0.29, 0.717) is 0 Å². The highest BCUT2D eigenvalue weighted by Crippen LogP contribution is 2.09. The van der Waals surface area contributed by atoms with E-state index in [9.17, 15) is 9.59 Å². The minimum absolute atomic E-state index is 0.287. The van der Waals surface area contributed by atoms with Gasteiger partial charge in [-0.25, -0.2) is 0 Å². The molecule has 0 aliphatic rings. The van der Waals surface area contributed by atoms with Crippen LogP contribution in [0.15, 0.2) is 0 Å². The smallest absolute Gasteiger partial charge is 0.303 e. The van der Waals surface area contributed by atoms with Crippen LogP contribution in [0.5, 0.6) is 0 Å². The third-order valence-corrected chi connectivity index (χ3v) is 5.22. The van der Waals surface area contributed by atoms with Gasteiger partial charge in [0.25, 0.3) is 0 Å². The summed E-state index contributed by atoms with van der Waals surface area (Å²) in [6.45, 7) is 0. The molecule has 0 aliphatic heterocycles. The molecule has 0 saturated carbocycles. The number of rotatable bonds is 19. The second kappa shape index (κ2) is 26.4. The van der Waals surface area contributed by atoms with Crippen molar-refractivity contribution in [3.63, 3.8) is 0 Å². The summed E-state index contributed by atoms with van der Waals surface area (Å²) >= 11 is 0. The van der Waals surface area contributed by atoms with Crippen molar-refractivity contribution in [3.05, 3.63) is 0 Å². The Morgan fingerprint density at radius 1 is 0.382 bits per heavy atom. The van der Waals surface area contributed by atoms with Crippen LogP contribution in [0, 0.1) is 47.4 Å². The molecule has 186 valence electrons. The predicted octanol–water partition coefficient (Wildman–Crippen LogP) is 6.97. The summed E-state index contributed by atoms with van der Waals surface area (Å²) in [5, 5.41) is 17.1. The van der Waals surface area contributed by atoms with Crippen molar-refractivity contribution >= 4 is 11.9 Å². The largest absolute Gasteiger partial charge is 0.481 e. The van der Waals surface area contributed by atoms with E-state index >= 15 is 0 Å². The van der Waals surface area contributed by atoms with Crippen molar-refractivity contribution in [3.8, 4) is 47.4 Å². The zero-order chi connectivity index (χ0) is 25.0. The summed E-state index contributed by atoms with van der Waals surface area (Å²) in [5.41, 5.74) is 0. The lowest BCUT2D eigenvalue weighted by molar-refractivity contribution is -0.138. The van der Waals surface area contributed by atoms with E-state index in [2.05, 4.69) is 47.4 Å². The molecule has 0 aromatic carbocycles. The molecule has 4 nitrogen and oxygen atoms in total. The molecule has 0 fully saturated rings. The molecule has 0 bridgehead atoms. The van der Waals surface area contributed by atoms with Crippen LogP contribution >= 0.6 is 0 Å². The molecule has 0 saturated heterocycles. The maximum atomic E-state index is 10.4. The molecular weight excluding hydrogens is 424 g/mol. The van der Waals surface area contributed by atoms with Gasteiger partial charge in [0.05, 0.1) is 0 Å². The molecule has 0 atom stereocenters. The molecule has 34 heavy (non-hydrogen) atoms. The number of carbonyl (C=O) groups is 2. The standard InChI is InChI=1S/C30H42O4/c31-29(32)27-25-23-21-19-17-15-13-11-9-7-5-3-1-2-4-6-8-10-12-14-16-18-20-22-24-26-28-30(33)34/h1-4,13-28H2,(H,31,32)(H,33,34). The molecule has 0 rings (SSSR count). The van der Waals surface area contributed by atoms with Crippen LogP contribution in [0.1, 0.15) is 128 Å². The highest BCUT2D eigenvalue weighted by atomic mass is 16.4. The van der Waals surface area contributed by atoms with Crippen molar-refractivity contribution in [1.29, 1.82) is 0 Å². The Balaban J connectivity index is 3.44. The van der Waals surface area contributed by atoms with Gasteiger partial charge >= 0.3 is 11.9 Å². The first-order valence-corrected chi connectivity index (χ1v) is 13.0. The van der Waals surface area contributed by atoms with Gasteiger partial charge in [0.1, 0.15) is 0 Å². The Labute approximate surface area is 207 Å². The summed E-state index contributed by atoms with van der Waals surface area (Å²) in [6.07, 6.45) is 18.7. The SMILES string of the molecule is O=C(O)CCCCCCCCC#CC#CCCCCC#CC#CCCCCCCCCC(=O)O. The quantitative estimate of drug-likeness (QED) is 0.159. The molecule has 0 aromatic heterocycles. The minimum atomic E-state index is -0.700. The average molecular weight is 467 g/mol. The zero-order valence-electron chi connectivity index (χ0n) is 20.9. The summed E-state index contributed by atoms with van der Waals surface area (Å²) < 4.78 is 0. The number of hydrogen-bond donors (Lipinski definition) is 2. The molecule has 4 heteroatoms. The van der Waals surface area contributed by atoms with E-state index < -0.39 is 11.9 Å². The number of unbranched alkanes of at least 4 members (excludes halogenated alkanes) is 15. The Hall–Kier alpha value is -2.82. The highest BCUT2D eigenvalue weighted by Gasteiger charge is 1.97. The van der Waals surface area contributed by atoms with E-state index in [-0.39, 0.29) is 12.8 Å². The maximum absolute atomic E-state index is 10.4. The van der Waals surface area contributed by atoms with Gasteiger partial charge in [-0.2, -0.15) is 0 Å². The summed E-state index contributed by atoms with van der Waals surface area (Å²) in [4.78, 5) is 20.8. The van der Waals surface area contributed by atoms with Crippen molar-refractivity contribution in [1.82, 2.24) is 0 Å². The van der Waals surface area contributed by atoms with Crippen LogP contribution in [0.4, 0.5) is 0 Å². The van der Waals surface area contributed by atoms with E-state index in [4.69, 9.17) is 10.2 Å². The van der Waals surface area contributed by atoms with Gasteiger partial charge in [-0.15, -0.1) is 0 Å². The molecule has 0 aliphatic carbocycles. The fourth-order valence-electron chi connectivity index (χ4n) is 3.25. The van der Waals surface area contributed by atoms with Gasteiger partial charge in [-0.3, -0.25) is 9.59 Å². The Bertz CT molecular complexity index is 713.